The van der Waals surface area contributed by atoms with Crippen LogP contribution >= 0.6 is 0 Å². The standard InChI is InChI=1S/C20H23NO3/c1-15(2)12-20(22)21(14-16-6-4-3-5-7-16)17-8-9-18-19(13-17)24-11-10-23-18/h3-9,13,15H,10-12,14H2,1-2H3. The van der Waals surface area contributed by atoms with Gasteiger partial charge in [0.1, 0.15) is 13.2 Å². The Hall–Kier alpha value is -2.49. The minimum Gasteiger partial charge on any atom is -0.486 e. The van der Waals surface area contributed by atoms with Gasteiger partial charge in [-0.3, -0.25) is 4.79 Å². The summed E-state index contributed by atoms with van der Waals surface area (Å²) in [6, 6.07) is 15.7. The third-order valence-electron chi connectivity index (χ3n) is 3.90. The Morgan fingerprint density at radius 1 is 1.04 bits per heavy atom. The van der Waals surface area contributed by atoms with Gasteiger partial charge in [-0.15, -0.1) is 0 Å². The minimum atomic E-state index is 0.116. The average molecular weight is 325 g/mol. The molecule has 0 aliphatic carbocycles. The zero-order valence-electron chi connectivity index (χ0n) is 14.2. The van der Waals surface area contributed by atoms with E-state index in [2.05, 4.69) is 13.8 Å². The lowest BCUT2D eigenvalue weighted by molar-refractivity contribution is -0.119. The number of benzene rings is 2. The molecule has 24 heavy (non-hydrogen) atoms. The second-order valence-electron chi connectivity index (χ2n) is 6.39. The third-order valence-corrected chi connectivity index (χ3v) is 3.90. The van der Waals surface area contributed by atoms with Crippen LogP contribution in [0.25, 0.3) is 0 Å². The number of nitrogens with zero attached hydrogens (tertiary/aromatic N) is 1. The van der Waals surface area contributed by atoms with Crippen LogP contribution in [-0.4, -0.2) is 19.1 Å². The first-order valence-corrected chi connectivity index (χ1v) is 8.37. The highest BCUT2D eigenvalue weighted by Crippen LogP contribution is 2.34. The first-order valence-electron chi connectivity index (χ1n) is 8.37. The summed E-state index contributed by atoms with van der Waals surface area (Å²) in [4.78, 5) is 14.6. The molecule has 1 aliphatic rings. The molecule has 0 unspecified atom stereocenters. The van der Waals surface area contributed by atoms with Crippen LogP contribution in [0.3, 0.4) is 0 Å². The predicted octanol–water partition coefficient (Wildman–Crippen LogP) is 4.04. The fourth-order valence-electron chi connectivity index (χ4n) is 2.75. The van der Waals surface area contributed by atoms with Gasteiger partial charge in [0.2, 0.25) is 5.91 Å². The Morgan fingerprint density at radius 2 is 1.75 bits per heavy atom. The van der Waals surface area contributed by atoms with E-state index in [1.165, 1.54) is 0 Å². The molecular weight excluding hydrogens is 302 g/mol. The maximum Gasteiger partial charge on any atom is 0.227 e. The van der Waals surface area contributed by atoms with Crippen LogP contribution in [0.15, 0.2) is 48.5 Å². The number of anilines is 1. The van der Waals surface area contributed by atoms with Crippen molar-refractivity contribution >= 4 is 11.6 Å². The van der Waals surface area contributed by atoms with E-state index in [9.17, 15) is 4.79 Å². The van der Waals surface area contributed by atoms with Crippen LogP contribution in [0, 0.1) is 5.92 Å². The molecule has 1 heterocycles. The molecule has 0 radical (unpaired) electrons. The number of fused-ring (bicyclic) bond motifs is 1. The van der Waals surface area contributed by atoms with Crippen molar-refractivity contribution < 1.29 is 14.3 Å². The average Bonchev–Trinajstić information content (AvgIpc) is 2.59. The van der Waals surface area contributed by atoms with E-state index in [1.807, 2.05) is 53.4 Å². The molecule has 0 saturated heterocycles. The summed E-state index contributed by atoms with van der Waals surface area (Å²) in [6.07, 6.45) is 0.515. The summed E-state index contributed by atoms with van der Waals surface area (Å²) in [5, 5.41) is 0. The maximum atomic E-state index is 12.8. The van der Waals surface area contributed by atoms with Crippen LogP contribution in [0.5, 0.6) is 11.5 Å². The summed E-state index contributed by atoms with van der Waals surface area (Å²) >= 11 is 0. The normalized spacial score (nSPS) is 13.0. The molecule has 0 bridgehead atoms. The predicted molar refractivity (Wildman–Crippen MR) is 94.5 cm³/mol. The van der Waals surface area contributed by atoms with Gasteiger partial charge >= 0.3 is 0 Å². The summed E-state index contributed by atoms with van der Waals surface area (Å²) in [6.45, 7) is 5.76. The van der Waals surface area contributed by atoms with Crippen molar-refractivity contribution in [3.63, 3.8) is 0 Å². The zero-order valence-corrected chi connectivity index (χ0v) is 14.2. The lowest BCUT2D eigenvalue weighted by Crippen LogP contribution is -2.31. The number of hydrogen-bond acceptors (Lipinski definition) is 3. The van der Waals surface area contributed by atoms with Gasteiger partial charge in [0.25, 0.3) is 0 Å². The highest BCUT2D eigenvalue weighted by molar-refractivity contribution is 5.93. The molecule has 0 saturated carbocycles. The smallest absolute Gasteiger partial charge is 0.227 e. The number of hydrogen-bond donors (Lipinski definition) is 0. The number of rotatable bonds is 5. The van der Waals surface area contributed by atoms with Gasteiger partial charge in [0, 0.05) is 18.2 Å². The van der Waals surface area contributed by atoms with Crippen molar-refractivity contribution in [2.75, 3.05) is 18.1 Å². The van der Waals surface area contributed by atoms with E-state index in [1.54, 1.807) is 0 Å². The van der Waals surface area contributed by atoms with Crippen LogP contribution in [0.2, 0.25) is 0 Å². The van der Waals surface area contributed by atoms with Gasteiger partial charge in [-0.1, -0.05) is 44.2 Å². The number of carbonyl (C=O) groups is 1. The van der Waals surface area contributed by atoms with Gasteiger partial charge in [-0.2, -0.15) is 0 Å². The van der Waals surface area contributed by atoms with Crippen molar-refractivity contribution in [2.45, 2.75) is 26.8 Å². The molecule has 0 atom stereocenters. The fraction of sp³-hybridized carbons (Fsp3) is 0.350. The number of carbonyl (C=O) groups excluding carboxylic acids is 1. The van der Waals surface area contributed by atoms with Gasteiger partial charge < -0.3 is 14.4 Å². The van der Waals surface area contributed by atoms with Crippen LogP contribution in [-0.2, 0) is 11.3 Å². The highest BCUT2D eigenvalue weighted by Gasteiger charge is 2.20. The summed E-state index contributed by atoms with van der Waals surface area (Å²) in [5.41, 5.74) is 1.94. The van der Waals surface area contributed by atoms with Crippen molar-refractivity contribution in [3.8, 4) is 11.5 Å². The van der Waals surface area contributed by atoms with E-state index in [4.69, 9.17) is 9.47 Å². The Balaban J connectivity index is 1.90. The largest absolute Gasteiger partial charge is 0.486 e. The molecule has 4 heteroatoms. The molecule has 126 valence electrons. The van der Waals surface area contributed by atoms with E-state index in [0.29, 0.717) is 37.8 Å². The molecule has 3 rings (SSSR count). The quantitative estimate of drug-likeness (QED) is 0.833. The topological polar surface area (TPSA) is 38.8 Å². The van der Waals surface area contributed by atoms with Crippen molar-refractivity contribution in [1.29, 1.82) is 0 Å². The fourth-order valence-corrected chi connectivity index (χ4v) is 2.75. The molecule has 1 aliphatic heterocycles. The van der Waals surface area contributed by atoms with E-state index in [0.717, 1.165) is 17.0 Å². The lowest BCUT2D eigenvalue weighted by Gasteiger charge is -2.26. The Labute approximate surface area is 143 Å². The second kappa shape index (κ2) is 7.39. The molecule has 2 aromatic carbocycles. The van der Waals surface area contributed by atoms with Gasteiger partial charge in [0.05, 0.1) is 6.54 Å². The highest BCUT2D eigenvalue weighted by atomic mass is 16.6. The first-order chi connectivity index (χ1) is 11.6. The van der Waals surface area contributed by atoms with E-state index < -0.39 is 0 Å². The van der Waals surface area contributed by atoms with Crippen molar-refractivity contribution in [2.24, 2.45) is 5.92 Å². The van der Waals surface area contributed by atoms with Gasteiger partial charge in [-0.25, -0.2) is 0 Å². The molecule has 0 spiro atoms. The Morgan fingerprint density at radius 3 is 2.46 bits per heavy atom. The van der Waals surface area contributed by atoms with Gasteiger partial charge in [-0.05, 0) is 23.6 Å². The molecule has 0 aromatic heterocycles. The molecule has 0 fully saturated rings. The van der Waals surface area contributed by atoms with Crippen molar-refractivity contribution in [1.82, 2.24) is 0 Å². The van der Waals surface area contributed by atoms with E-state index in [-0.39, 0.29) is 5.91 Å². The van der Waals surface area contributed by atoms with Gasteiger partial charge in [0.15, 0.2) is 11.5 Å². The maximum absolute atomic E-state index is 12.8. The molecule has 0 N–H and O–H groups in total. The van der Waals surface area contributed by atoms with Crippen LogP contribution < -0.4 is 14.4 Å². The van der Waals surface area contributed by atoms with Crippen LogP contribution in [0.1, 0.15) is 25.8 Å². The summed E-state index contributed by atoms with van der Waals surface area (Å²) in [5.74, 6) is 1.87. The second-order valence-corrected chi connectivity index (χ2v) is 6.39. The summed E-state index contributed by atoms with van der Waals surface area (Å²) in [7, 11) is 0. The molecular formula is C20H23NO3. The lowest BCUT2D eigenvalue weighted by atomic mass is 10.1. The molecule has 2 aromatic rings. The summed E-state index contributed by atoms with van der Waals surface area (Å²) < 4.78 is 11.2. The van der Waals surface area contributed by atoms with Crippen molar-refractivity contribution in [3.05, 3.63) is 54.1 Å². The number of ether oxygens (including phenoxy) is 2. The Bertz CT molecular complexity index is 697. The monoisotopic (exact) mass is 325 g/mol. The van der Waals surface area contributed by atoms with Crippen LogP contribution in [0.4, 0.5) is 5.69 Å². The minimum absolute atomic E-state index is 0.116. The Kier molecular flexibility index (Phi) is 5.04. The zero-order chi connectivity index (χ0) is 16.9. The number of amides is 1. The first kappa shape index (κ1) is 16.4. The third kappa shape index (κ3) is 3.88. The molecule has 1 amide bonds. The SMILES string of the molecule is CC(C)CC(=O)N(Cc1ccccc1)c1ccc2c(c1)OCCO2. The molecule has 4 nitrogen and oxygen atoms in total. The van der Waals surface area contributed by atoms with E-state index >= 15 is 0 Å².